The number of hydrogen-bond acceptors (Lipinski definition) is 4. The molecular formula is C25H22F3N3O3. The van der Waals surface area contributed by atoms with E-state index in [-0.39, 0.29) is 11.9 Å². The summed E-state index contributed by atoms with van der Waals surface area (Å²) in [6, 6.07) is 25.8. The van der Waals surface area contributed by atoms with Crippen molar-refractivity contribution in [2.24, 2.45) is 10.7 Å². The Balaban J connectivity index is 0.000000406. The van der Waals surface area contributed by atoms with Crippen LogP contribution in [0.1, 0.15) is 16.7 Å². The summed E-state index contributed by atoms with van der Waals surface area (Å²) in [5.41, 5.74) is 9.89. The number of rotatable bonds is 3. The van der Waals surface area contributed by atoms with Crippen molar-refractivity contribution in [1.82, 2.24) is 4.90 Å². The quantitative estimate of drug-likeness (QED) is 0.597. The molecule has 176 valence electrons. The number of guanidine groups is 1. The van der Waals surface area contributed by atoms with Gasteiger partial charge in [0.25, 0.3) is 5.91 Å². The van der Waals surface area contributed by atoms with E-state index in [0.717, 1.165) is 22.3 Å². The van der Waals surface area contributed by atoms with Crippen molar-refractivity contribution >= 4 is 17.8 Å². The maximum absolute atomic E-state index is 13.3. The maximum Gasteiger partial charge on any atom is 0.490 e. The standard InChI is InChI=1S/C23H21N3O.C2HF3O2/c1-16-9-6-7-14-20(16)17-10-8-13-19(15-17)23(18-11-4-3-5-12-18)21(27)26(2)22(24)25-23;3-2(4,5)1(6)7/h3-15H,1-2H3,(H2,24,25);(H,6,7). The molecule has 3 N–H and O–H groups in total. The smallest absolute Gasteiger partial charge is 0.475 e. The van der Waals surface area contributed by atoms with E-state index in [4.69, 9.17) is 15.6 Å². The van der Waals surface area contributed by atoms with Crippen LogP contribution in [-0.4, -0.2) is 41.1 Å². The minimum Gasteiger partial charge on any atom is -0.475 e. The summed E-state index contributed by atoms with van der Waals surface area (Å²) in [7, 11) is 1.66. The fourth-order valence-electron chi connectivity index (χ4n) is 3.67. The number of aliphatic imine (C=N–C) groups is 1. The van der Waals surface area contributed by atoms with E-state index in [2.05, 4.69) is 30.1 Å². The van der Waals surface area contributed by atoms with Crippen molar-refractivity contribution in [3.05, 3.63) is 95.6 Å². The van der Waals surface area contributed by atoms with Gasteiger partial charge in [-0.25, -0.2) is 9.79 Å². The van der Waals surface area contributed by atoms with E-state index in [1.807, 2.05) is 60.7 Å². The summed E-state index contributed by atoms with van der Waals surface area (Å²) in [5, 5.41) is 7.12. The molecule has 3 aromatic carbocycles. The van der Waals surface area contributed by atoms with Crippen LogP contribution in [0, 0.1) is 6.92 Å². The molecule has 3 aromatic rings. The average Bonchev–Trinajstić information content (AvgIpc) is 3.04. The Hall–Kier alpha value is -4.14. The number of nitrogens with zero attached hydrogens (tertiary/aromatic N) is 2. The lowest BCUT2D eigenvalue weighted by atomic mass is 9.81. The Morgan fingerprint density at radius 2 is 1.53 bits per heavy atom. The zero-order valence-corrected chi connectivity index (χ0v) is 18.4. The predicted molar refractivity (Wildman–Crippen MR) is 122 cm³/mol. The third kappa shape index (κ3) is 4.63. The molecule has 1 aliphatic rings. The van der Waals surface area contributed by atoms with Gasteiger partial charge in [-0.05, 0) is 40.8 Å². The van der Waals surface area contributed by atoms with Crippen LogP contribution < -0.4 is 5.73 Å². The van der Waals surface area contributed by atoms with Crippen molar-refractivity contribution in [3.63, 3.8) is 0 Å². The van der Waals surface area contributed by atoms with E-state index in [1.54, 1.807) is 7.05 Å². The van der Waals surface area contributed by atoms with Crippen molar-refractivity contribution in [3.8, 4) is 11.1 Å². The van der Waals surface area contributed by atoms with E-state index in [0.29, 0.717) is 0 Å². The Labute approximate surface area is 194 Å². The summed E-state index contributed by atoms with van der Waals surface area (Å²) >= 11 is 0. The first-order valence-corrected chi connectivity index (χ1v) is 10.1. The molecule has 0 spiro atoms. The molecule has 1 heterocycles. The van der Waals surface area contributed by atoms with Gasteiger partial charge in [-0.3, -0.25) is 9.69 Å². The number of carbonyl (C=O) groups is 2. The molecule has 0 aromatic heterocycles. The van der Waals surface area contributed by atoms with Crippen molar-refractivity contribution in [1.29, 1.82) is 0 Å². The minimum atomic E-state index is -5.08. The predicted octanol–water partition coefficient (Wildman–Crippen LogP) is 4.33. The van der Waals surface area contributed by atoms with Gasteiger partial charge in [0.1, 0.15) is 0 Å². The lowest BCUT2D eigenvalue weighted by molar-refractivity contribution is -0.192. The van der Waals surface area contributed by atoms with Crippen LogP contribution in [-0.2, 0) is 15.1 Å². The SMILES string of the molecule is Cc1ccccc1-c1cccc(C2(c3ccccc3)N=C(N)N(C)C2=O)c1.O=C(O)C(F)(F)F. The fraction of sp³-hybridized carbons (Fsp3) is 0.160. The number of benzene rings is 3. The number of aliphatic carboxylic acids is 1. The number of amides is 1. The monoisotopic (exact) mass is 469 g/mol. The second kappa shape index (κ2) is 9.38. The maximum atomic E-state index is 13.3. The number of hydrogen-bond donors (Lipinski definition) is 2. The molecule has 0 bridgehead atoms. The summed E-state index contributed by atoms with van der Waals surface area (Å²) < 4.78 is 31.7. The highest BCUT2D eigenvalue weighted by atomic mass is 19.4. The molecule has 0 radical (unpaired) electrons. The van der Waals surface area contributed by atoms with Crippen LogP contribution in [0.2, 0.25) is 0 Å². The number of halogens is 3. The van der Waals surface area contributed by atoms with E-state index < -0.39 is 17.7 Å². The topological polar surface area (TPSA) is 96.0 Å². The third-order valence-electron chi connectivity index (χ3n) is 5.41. The molecule has 9 heteroatoms. The molecule has 1 amide bonds. The van der Waals surface area contributed by atoms with Gasteiger partial charge in [0.15, 0.2) is 11.5 Å². The zero-order chi connectivity index (χ0) is 25.1. The number of alkyl halides is 3. The first-order valence-electron chi connectivity index (χ1n) is 10.1. The summed E-state index contributed by atoms with van der Waals surface area (Å²) in [6.07, 6.45) is -5.08. The molecular weight excluding hydrogens is 447 g/mol. The van der Waals surface area contributed by atoms with Crippen LogP contribution in [0.25, 0.3) is 11.1 Å². The summed E-state index contributed by atoms with van der Waals surface area (Å²) in [6.45, 7) is 2.08. The molecule has 4 rings (SSSR count). The highest BCUT2D eigenvalue weighted by Crippen LogP contribution is 2.40. The zero-order valence-electron chi connectivity index (χ0n) is 18.4. The lowest BCUT2D eigenvalue weighted by Crippen LogP contribution is -2.41. The number of likely N-dealkylation sites (N-methyl/N-ethyl adjacent to an activating group) is 1. The molecule has 1 aliphatic heterocycles. The first-order chi connectivity index (χ1) is 16.0. The number of carbonyl (C=O) groups excluding carboxylic acids is 1. The molecule has 34 heavy (non-hydrogen) atoms. The van der Waals surface area contributed by atoms with Crippen LogP contribution in [0.5, 0.6) is 0 Å². The van der Waals surface area contributed by atoms with Crippen molar-refractivity contribution in [2.75, 3.05) is 7.05 Å². The summed E-state index contributed by atoms with van der Waals surface area (Å²) in [4.78, 5) is 28.3. The normalized spacial score (nSPS) is 17.6. The second-order valence-corrected chi connectivity index (χ2v) is 7.61. The largest absolute Gasteiger partial charge is 0.490 e. The second-order valence-electron chi connectivity index (χ2n) is 7.61. The van der Waals surface area contributed by atoms with Crippen LogP contribution in [0.4, 0.5) is 13.2 Å². The van der Waals surface area contributed by atoms with E-state index in [9.17, 15) is 18.0 Å². The number of aryl methyl sites for hydroxylation is 1. The average molecular weight is 469 g/mol. The molecule has 0 fully saturated rings. The number of carboxylic acids is 1. The van der Waals surface area contributed by atoms with E-state index in [1.165, 1.54) is 10.5 Å². The minimum absolute atomic E-state index is 0.145. The Kier molecular flexibility index (Phi) is 6.76. The van der Waals surface area contributed by atoms with Crippen LogP contribution in [0.3, 0.4) is 0 Å². The fourth-order valence-corrected chi connectivity index (χ4v) is 3.67. The van der Waals surface area contributed by atoms with E-state index >= 15 is 0 Å². The molecule has 1 unspecified atom stereocenters. The molecule has 0 saturated heterocycles. The van der Waals surface area contributed by atoms with Gasteiger partial charge in [0.05, 0.1) is 0 Å². The molecule has 6 nitrogen and oxygen atoms in total. The number of carboxylic acid groups (broad SMARTS) is 1. The third-order valence-corrected chi connectivity index (χ3v) is 5.41. The van der Waals surface area contributed by atoms with Gasteiger partial charge in [-0.1, -0.05) is 72.8 Å². The van der Waals surface area contributed by atoms with Gasteiger partial charge in [0.2, 0.25) is 0 Å². The van der Waals surface area contributed by atoms with Gasteiger partial charge in [-0.15, -0.1) is 0 Å². The lowest BCUT2D eigenvalue weighted by Gasteiger charge is -2.26. The van der Waals surface area contributed by atoms with Gasteiger partial charge in [0, 0.05) is 7.05 Å². The Morgan fingerprint density at radius 1 is 0.971 bits per heavy atom. The van der Waals surface area contributed by atoms with Gasteiger partial charge < -0.3 is 10.8 Å². The Bertz CT molecular complexity index is 1240. The highest BCUT2D eigenvalue weighted by molar-refractivity contribution is 6.09. The van der Waals surface area contributed by atoms with Crippen LogP contribution >= 0.6 is 0 Å². The first kappa shape index (κ1) is 24.5. The van der Waals surface area contributed by atoms with Gasteiger partial charge in [-0.2, -0.15) is 13.2 Å². The van der Waals surface area contributed by atoms with Crippen LogP contribution in [0.15, 0.2) is 83.9 Å². The highest BCUT2D eigenvalue weighted by Gasteiger charge is 2.49. The Morgan fingerprint density at radius 3 is 2.06 bits per heavy atom. The van der Waals surface area contributed by atoms with Crippen molar-refractivity contribution in [2.45, 2.75) is 18.6 Å². The molecule has 0 aliphatic carbocycles. The van der Waals surface area contributed by atoms with Crippen molar-refractivity contribution < 1.29 is 27.9 Å². The molecule has 0 saturated carbocycles. The number of nitrogens with two attached hydrogens (primary N) is 1. The van der Waals surface area contributed by atoms with Gasteiger partial charge >= 0.3 is 12.1 Å². The molecule has 1 atom stereocenters. The summed E-state index contributed by atoms with van der Waals surface area (Å²) in [5.74, 6) is -2.68.